The van der Waals surface area contributed by atoms with Crippen molar-refractivity contribution in [2.75, 3.05) is 6.54 Å². The molecule has 2 heterocycles. The van der Waals surface area contributed by atoms with Gasteiger partial charge in [0.15, 0.2) is 4.67 Å². The van der Waals surface area contributed by atoms with Crippen molar-refractivity contribution in [2.45, 2.75) is 32.1 Å². The van der Waals surface area contributed by atoms with Crippen molar-refractivity contribution < 1.29 is 14.0 Å². The summed E-state index contributed by atoms with van der Waals surface area (Å²) in [6, 6.07) is 3.53. The van der Waals surface area contributed by atoms with Gasteiger partial charge < -0.3 is 4.42 Å². The van der Waals surface area contributed by atoms with Crippen LogP contribution in [0.15, 0.2) is 26.1 Å². The zero-order valence-electron chi connectivity index (χ0n) is 11.5. The van der Waals surface area contributed by atoms with Gasteiger partial charge in [0.05, 0.1) is 4.91 Å². The van der Waals surface area contributed by atoms with Crippen molar-refractivity contribution in [3.05, 3.63) is 27.5 Å². The summed E-state index contributed by atoms with van der Waals surface area (Å²) in [6.07, 6.45) is 7.55. The minimum atomic E-state index is -0.192. The summed E-state index contributed by atoms with van der Waals surface area (Å²) < 4.78 is 5.97. The number of rotatable bonds is 3. The van der Waals surface area contributed by atoms with Crippen molar-refractivity contribution in [3.8, 4) is 0 Å². The first-order chi connectivity index (χ1) is 10.1. The molecule has 0 spiro atoms. The van der Waals surface area contributed by atoms with Gasteiger partial charge in [-0.3, -0.25) is 14.5 Å². The summed E-state index contributed by atoms with van der Waals surface area (Å²) in [4.78, 5) is 26.3. The summed E-state index contributed by atoms with van der Waals surface area (Å²) in [6.45, 7) is 0.559. The molecule has 2 amide bonds. The van der Waals surface area contributed by atoms with Crippen molar-refractivity contribution in [3.63, 3.8) is 0 Å². The molecule has 2 aliphatic rings. The minimum absolute atomic E-state index is 0.164. The third-order valence-electron chi connectivity index (χ3n) is 3.91. The average molecular weight is 370 g/mol. The molecule has 0 N–H and O–H groups in total. The summed E-state index contributed by atoms with van der Waals surface area (Å²) in [7, 11) is 0. The van der Waals surface area contributed by atoms with Crippen LogP contribution in [0.4, 0.5) is 4.79 Å². The van der Waals surface area contributed by atoms with Gasteiger partial charge >= 0.3 is 0 Å². The van der Waals surface area contributed by atoms with E-state index in [4.69, 9.17) is 4.42 Å². The molecule has 0 radical (unpaired) electrons. The van der Waals surface area contributed by atoms with Gasteiger partial charge in [-0.15, -0.1) is 0 Å². The molecular formula is C15H16BrNO3S. The maximum atomic E-state index is 12.4. The molecule has 0 bridgehead atoms. The molecule has 112 valence electrons. The quantitative estimate of drug-likeness (QED) is 0.727. The summed E-state index contributed by atoms with van der Waals surface area (Å²) in [5.74, 6) is 0.845. The van der Waals surface area contributed by atoms with Gasteiger partial charge in [0, 0.05) is 12.6 Å². The van der Waals surface area contributed by atoms with E-state index in [-0.39, 0.29) is 11.1 Å². The Labute approximate surface area is 136 Å². The molecule has 3 rings (SSSR count). The monoisotopic (exact) mass is 369 g/mol. The Balaban J connectivity index is 1.71. The number of imide groups is 1. The molecule has 0 unspecified atom stereocenters. The molecule has 1 saturated carbocycles. The van der Waals surface area contributed by atoms with E-state index in [2.05, 4.69) is 15.9 Å². The van der Waals surface area contributed by atoms with Crippen molar-refractivity contribution in [1.82, 2.24) is 4.90 Å². The van der Waals surface area contributed by atoms with Gasteiger partial charge in [-0.2, -0.15) is 0 Å². The van der Waals surface area contributed by atoms with Crippen LogP contribution < -0.4 is 0 Å². The third kappa shape index (κ3) is 3.43. The second-order valence-electron chi connectivity index (χ2n) is 5.44. The van der Waals surface area contributed by atoms with Crippen LogP contribution in [0.2, 0.25) is 0 Å². The van der Waals surface area contributed by atoms with E-state index in [9.17, 15) is 9.59 Å². The maximum absolute atomic E-state index is 12.4. The SMILES string of the molecule is O=C1S/C(=C/c2ccc(Br)o2)C(=O)N1CC1CCCCC1. The van der Waals surface area contributed by atoms with Gasteiger partial charge in [-0.1, -0.05) is 19.3 Å². The fourth-order valence-corrected chi connectivity index (χ4v) is 3.97. The molecule has 0 aromatic carbocycles. The predicted octanol–water partition coefficient (Wildman–Crippen LogP) is 4.66. The van der Waals surface area contributed by atoms with Crippen LogP contribution >= 0.6 is 27.7 Å². The Morgan fingerprint density at radius 2 is 2.05 bits per heavy atom. The van der Waals surface area contributed by atoms with E-state index in [0.717, 1.165) is 24.6 Å². The van der Waals surface area contributed by atoms with Gasteiger partial charge in [-0.05, 0) is 58.6 Å². The second-order valence-corrected chi connectivity index (χ2v) is 7.21. The summed E-state index contributed by atoms with van der Waals surface area (Å²) >= 11 is 4.22. The number of hydrogen-bond acceptors (Lipinski definition) is 4. The van der Waals surface area contributed by atoms with Crippen LogP contribution in [0, 0.1) is 5.92 Å². The number of halogens is 1. The molecule has 6 heteroatoms. The first-order valence-corrected chi connectivity index (χ1v) is 8.75. The van der Waals surface area contributed by atoms with E-state index in [1.54, 1.807) is 18.2 Å². The zero-order chi connectivity index (χ0) is 14.8. The molecule has 0 atom stereocenters. The number of amides is 2. The van der Waals surface area contributed by atoms with E-state index >= 15 is 0 Å². The molecule has 1 aromatic heterocycles. The molecule has 1 aliphatic heterocycles. The number of furan rings is 1. The largest absolute Gasteiger partial charge is 0.450 e. The molecule has 2 fully saturated rings. The van der Waals surface area contributed by atoms with Crippen molar-refractivity contribution in [2.24, 2.45) is 5.92 Å². The van der Waals surface area contributed by atoms with Crippen LogP contribution in [0.5, 0.6) is 0 Å². The van der Waals surface area contributed by atoms with E-state index < -0.39 is 0 Å². The highest BCUT2D eigenvalue weighted by Crippen LogP contribution is 2.35. The second kappa shape index (κ2) is 6.40. The van der Waals surface area contributed by atoms with Crippen LogP contribution in [0.3, 0.4) is 0 Å². The fourth-order valence-electron chi connectivity index (χ4n) is 2.82. The first kappa shape index (κ1) is 14.9. The lowest BCUT2D eigenvalue weighted by Gasteiger charge is -2.25. The lowest BCUT2D eigenvalue weighted by Crippen LogP contribution is -2.34. The molecule has 21 heavy (non-hydrogen) atoms. The van der Waals surface area contributed by atoms with Crippen LogP contribution in [0.25, 0.3) is 6.08 Å². The molecular weight excluding hydrogens is 354 g/mol. The van der Waals surface area contributed by atoms with Crippen LogP contribution in [0.1, 0.15) is 37.9 Å². The highest BCUT2D eigenvalue weighted by atomic mass is 79.9. The third-order valence-corrected chi connectivity index (χ3v) is 5.24. The maximum Gasteiger partial charge on any atom is 0.293 e. The average Bonchev–Trinajstić information content (AvgIpc) is 2.99. The predicted molar refractivity (Wildman–Crippen MR) is 85.7 cm³/mol. The Morgan fingerprint density at radius 1 is 1.29 bits per heavy atom. The van der Waals surface area contributed by atoms with Gasteiger partial charge in [0.1, 0.15) is 5.76 Å². The molecule has 4 nitrogen and oxygen atoms in total. The lowest BCUT2D eigenvalue weighted by molar-refractivity contribution is -0.123. The summed E-state index contributed by atoms with van der Waals surface area (Å²) in [5, 5.41) is -0.164. The normalized spacial score (nSPS) is 22.5. The van der Waals surface area contributed by atoms with Crippen LogP contribution in [-0.2, 0) is 4.79 Å². The number of nitrogens with zero attached hydrogens (tertiary/aromatic N) is 1. The Bertz CT molecular complexity index is 589. The first-order valence-electron chi connectivity index (χ1n) is 7.14. The van der Waals surface area contributed by atoms with Crippen molar-refractivity contribution in [1.29, 1.82) is 0 Å². The van der Waals surface area contributed by atoms with Gasteiger partial charge in [0.25, 0.3) is 11.1 Å². The minimum Gasteiger partial charge on any atom is -0.450 e. The standard InChI is InChI=1S/C15H16BrNO3S/c16-13-7-6-11(20-13)8-12-14(18)17(15(19)21-12)9-10-4-2-1-3-5-10/h6-8,10H,1-5,9H2/b12-8+. The summed E-state index contributed by atoms with van der Waals surface area (Å²) in [5.41, 5.74) is 0. The number of carbonyl (C=O) groups excluding carboxylic acids is 2. The highest BCUT2D eigenvalue weighted by molar-refractivity contribution is 9.10. The Hall–Kier alpha value is -1.01. The van der Waals surface area contributed by atoms with Crippen LogP contribution in [-0.4, -0.2) is 22.6 Å². The van der Waals surface area contributed by atoms with E-state index in [0.29, 0.717) is 27.8 Å². The number of hydrogen-bond donors (Lipinski definition) is 0. The highest BCUT2D eigenvalue weighted by Gasteiger charge is 2.36. The molecule has 1 saturated heterocycles. The Morgan fingerprint density at radius 3 is 2.71 bits per heavy atom. The van der Waals surface area contributed by atoms with E-state index in [1.807, 2.05) is 0 Å². The van der Waals surface area contributed by atoms with Gasteiger partial charge in [0.2, 0.25) is 0 Å². The topological polar surface area (TPSA) is 50.5 Å². The fraction of sp³-hybridized carbons (Fsp3) is 0.467. The van der Waals surface area contributed by atoms with Gasteiger partial charge in [-0.25, -0.2) is 0 Å². The molecule has 1 aromatic rings. The van der Waals surface area contributed by atoms with E-state index in [1.165, 1.54) is 24.2 Å². The lowest BCUT2D eigenvalue weighted by atomic mass is 9.89. The Kier molecular flexibility index (Phi) is 4.54. The van der Waals surface area contributed by atoms with Crippen molar-refractivity contribution >= 4 is 44.9 Å². The number of thioether (sulfide) groups is 1. The number of carbonyl (C=O) groups is 2. The molecule has 1 aliphatic carbocycles. The zero-order valence-corrected chi connectivity index (χ0v) is 13.9. The smallest absolute Gasteiger partial charge is 0.293 e.